The molecule has 0 amide bonds. The first-order valence-corrected chi connectivity index (χ1v) is 9.17. The van der Waals surface area contributed by atoms with Gasteiger partial charge in [0.25, 0.3) is 0 Å². The van der Waals surface area contributed by atoms with E-state index >= 15 is 0 Å². The summed E-state index contributed by atoms with van der Waals surface area (Å²) in [5.74, 6) is 5.57. The lowest BCUT2D eigenvalue weighted by Crippen LogP contribution is -2.03. The van der Waals surface area contributed by atoms with Gasteiger partial charge in [-0.05, 0) is 0 Å². The lowest BCUT2D eigenvalue weighted by molar-refractivity contribution is 0.685. The second kappa shape index (κ2) is 18.0. The fraction of sp³-hybridized carbons (Fsp3) is 1.00. The number of hydrogen-bond acceptors (Lipinski definition) is 2. The van der Waals surface area contributed by atoms with Crippen molar-refractivity contribution in [3.8, 4) is 0 Å². The fourth-order valence-corrected chi connectivity index (χ4v) is 3.14. The van der Waals surface area contributed by atoms with E-state index in [0.29, 0.717) is 23.3 Å². The first-order chi connectivity index (χ1) is 7.22. The standard InChI is InChI=1S/C4H8Cl2OS.C4H8Cl2S.H2/c5-1-3-8(7)4-2-6;5-1-3-7-4-2-6;/h1-4H2;1-4H2;1H. The highest BCUT2D eigenvalue weighted by Crippen LogP contribution is 1.99. The molecule has 0 radical (unpaired) electrons. The Hall–Kier alpha value is 1.66. The van der Waals surface area contributed by atoms with Crippen LogP contribution in [0.5, 0.6) is 0 Å². The van der Waals surface area contributed by atoms with Gasteiger partial charge >= 0.3 is 0 Å². The monoisotopic (exact) mass is 334 g/mol. The molecule has 0 aromatic carbocycles. The van der Waals surface area contributed by atoms with Crippen molar-refractivity contribution in [3.05, 3.63) is 0 Å². The van der Waals surface area contributed by atoms with Gasteiger partial charge in [-0.1, -0.05) is 0 Å². The van der Waals surface area contributed by atoms with E-state index in [9.17, 15) is 4.21 Å². The molecule has 1 nitrogen and oxygen atoms in total. The van der Waals surface area contributed by atoms with Gasteiger partial charge in [-0.15, -0.1) is 46.4 Å². The zero-order valence-corrected chi connectivity index (χ0v) is 13.1. The maximum absolute atomic E-state index is 10.6. The van der Waals surface area contributed by atoms with Gasteiger partial charge in [-0.25, -0.2) is 0 Å². The van der Waals surface area contributed by atoms with Crippen molar-refractivity contribution in [3.63, 3.8) is 0 Å². The Morgan fingerprint density at radius 1 is 0.867 bits per heavy atom. The average molecular weight is 336 g/mol. The van der Waals surface area contributed by atoms with Crippen LogP contribution in [0, 0.1) is 0 Å². The largest absolute Gasteiger partial charge is 0.259 e. The molecule has 0 atom stereocenters. The second-order valence-corrected chi connectivity index (χ2v) is 6.65. The van der Waals surface area contributed by atoms with Crippen molar-refractivity contribution in [2.75, 3.05) is 46.5 Å². The molecule has 0 bridgehead atoms. The van der Waals surface area contributed by atoms with Crippen LogP contribution in [0.1, 0.15) is 1.43 Å². The molecule has 96 valence electrons. The van der Waals surface area contributed by atoms with Crippen molar-refractivity contribution in [2.24, 2.45) is 0 Å². The van der Waals surface area contributed by atoms with E-state index < -0.39 is 10.8 Å². The van der Waals surface area contributed by atoms with Gasteiger partial charge in [-0.3, -0.25) is 4.21 Å². The Morgan fingerprint density at radius 3 is 1.53 bits per heavy atom. The van der Waals surface area contributed by atoms with Gasteiger partial charge in [0.05, 0.1) is 0 Å². The van der Waals surface area contributed by atoms with Gasteiger partial charge in [-0.2, -0.15) is 11.8 Å². The van der Waals surface area contributed by atoms with Crippen LogP contribution in [-0.4, -0.2) is 50.7 Å². The molecule has 0 aliphatic rings. The zero-order chi connectivity index (χ0) is 11.9. The molecular weight excluding hydrogens is 318 g/mol. The van der Waals surface area contributed by atoms with Crippen molar-refractivity contribution in [1.82, 2.24) is 0 Å². The molecular formula is C8H18Cl4OS2. The van der Waals surface area contributed by atoms with Crippen molar-refractivity contribution in [1.29, 1.82) is 0 Å². The first-order valence-electron chi connectivity index (χ1n) is 4.39. The molecule has 0 saturated heterocycles. The highest BCUT2D eigenvalue weighted by Gasteiger charge is 1.94. The third-order valence-corrected chi connectivity index (χ3v) is 5.01. The van der Waals surface area contributed by atoms with Crippen LogP contribution in [-0.2, 0) is 10.8 Å². The highest BCUT2D eigenvalue weighted by atomic mass is 35.5. The maximum atomic E-state index is 10.6. The predicted octanol–water partition coefficient (Wildman–Crippen LogP) is 3.66. The Morgan fingerprint density at radius 2 is 1.27 bits per heavy atom. The summed E-state index contributed by atoms with van der Waals surface area (Å²) in [5.41, 5.74) is 0. The van der Waals surface area contributed by atoms with Gasteiger partial charge in [0.1, 0.15) is 0 Å². The Balaban J connectivity index is -0.000000200. The topological polar surface area (TPSA) is 17.1 Å². The van der Waals surface area contributed by atoms with Crippen molar-refractivity contribution < 1.29 is 5.64 Å². The lowest BCUT2D eigenvalue weighted by Gasteiger charge is -1.91. The van der Waals surface area contributed by atoms with Crippen LogP contribution in [0.3, 0.4) is 0 Å². The summed E-state index contributed by atoms with van der Waals surface area (Å²) in [6, 6.07) is 0. The predicted molar refractivity (Wildman–Crippen MR) is 80.2 cm³/mol. The summed E-state index contributed by atoms with van der Waals surface area (Å²) in [5, 5.41) is 0. The molecule has 0 aromatic rings. The van der Waals surface area contributed by atoms with Crippen LogP contribution < -0.4 is 0 Å². The van der Waals surface area contributed by atoms with Gasteiger partial charge in [0, 0.05) is 58.8 Å². The van der Waals surface area contributed by atoms with Crippen LogP contribution in [0.4, 0.5) is 0 Å². The van der Waals surface area contributed by atoms with E-state index in [1.54, 1.807) is 11.8 Å². The SMILES string of the molecule is ClCCSCCCl.O=S(CCCl)CCCl.[HH]. The molecule has 0 aliphatic carbocycles. The summed E-state index contributed by atoms with van der Waals surface area (Å²) in [6.07, 6.45) is 0. The highest BCUT2D eigenvalue weighted by molar-refractivity contribution is 7.99. The molecule has 0 rings (SSSR count). The van der Waals surface area contributed by atoms with Crippen molar-refractivity contribution in [2.45, 2.75) is 0 Å². The van der Waals surface area contributed by atoms with Crippen LogP contribution in [0.25, 0.3) is 0 Å². The Kier molecular flexibility index (Phi) is 22.9. The van der Waals surface area contributed by atoms with E-state index in [1.165, 1.54) is 0 Å². The quantitative estimate of drug-likeness (QED) is 0.497. The molecule has 0 aromatic heterocycles. The molecule has 15 heavy (non-hydrogen) atoms. The molecule has 0 heterocycles. The van der Waals surface area contributed by atoms with E-state index in [-0.39, 0.29) is 1.43 Å². The summed E-state index contributed by atoms with van der Waals surface area (Å²) < 4.78 is 10.6. The third-order valence-electron chi connectivity index (χ3n) is 1.05. The summed E-state index contributed by atoms with van der Waals surface area (Å²) >= 11 is 23.1. The lowest BCUT2D eigenvalue weighted by atomic mass is 10.9. The van der Waals surface area contributed by atoms with E-state index in [1.807, 2.05) is 0 Å². The number of alkyl halides is 4. The number of rotatable bonds is 8. The Bertz CT molecular complexity index is 131. The van der Waals surface area contributed by atoms with Crippen molar-refractivity contribution >= 4 is 69.0 Å². The minimum atomic E-state index is -0.784. The molecule has 0 aliphatic heterocycles. The van der Waals surface area contributed by atoms with E-state index in [4.69, 9.17) is 46.4 Å². The summed E-state index contributed by atoms with van der Waals surface area (Å²) in [6.45, 7) is 0. The van der Waals surface area contributed by atoms with E-state index in [2.05, 4.69) is 0 Å². The molecule has 0 unspecified atom stereocenters. The minimum Gasteiger partial charge on any atom is -0.259 e. The average Bonchev–Trinajstić information content (AvgIpc) is 2.20. The molecule has 0 spiro atoms. The number of thioether (sulfide) groups is 1. The molecule has 0 fully saturated rings. The second-order valence-electron chi connectivity index (χ2n) is 2.22. The number of halogens is 4. The smallest absolute Gasteiger partial charge is 0.0371 e. The molecule has 0 N–H and O–H groups in total. The van der Waals surface area contributed by atoms with Crippen LogP contribution in [0.15, 0.2) is 0 Å². The van der Waals surface area contributed by atoms with E-state index in [0.717, 1.165) is 23.3 Å². The maximum Gasteiger partial charge on any atom is 0.0371 e. The van der Waals surface area contributed by atoms with Crippen LogP contribution in [0.2, 0.25) is 0 Å². The zero-order valence-electron chi connectivity index (χ0n) is 8.39. The molecule has 0 saturated carbocycles. The van der Waals surface area contributed by atoms with Gasteiger partial charge in [0.2, 0.25) is 0 Å². The van der Waals surface area contributed by atoms with Crippen LogP contribution >= 0.6 is 58.2 Å². The summed E-state index contributed by atoms with van der Waals surface area (Å²) in [7, 11) is -0.784. The third kappa shape index (κ3) is 21.5. The Labute approximate surface area is 120 Å². The minimum absolute atomic E-state index is 0. The van der Waals surface area contributed by atoms with Gasteiger partial charge < -0.3 is 0 Å². The summed E-state index contributed by atoms with van der Waals surface area (Å²) in [4.78, 5) is 0. The fourth-order valence-electron chi connectivity index (χ4n) is 0.485. The normalized spacial score (nSPS) is 9.93. The molecule has 7 heteroatoms. The first kappa shape index (κ1) is 19.0. The number of hydrogen-bond donors (Lipinski definition) is 0. The van der Waals surface area contributed by atoms with Gasteiger partial charge in [0.15, 0.2) is 0 Å².